The quantitative estimate of drug-likeness (QED) is 0.576. The fourth-order valence-corrected chi connectivity index (χ4v) is 3.05. The average Bonchev–Trinajstić information content (AvgIpc) is 2.83. The standard InChI is InChI=1S/C20H23N3S/c24-20(21-15-14-16-8-2-1-3-9-16)23-22-19-13-7-5-11-17-10-4-6-12-18(17)19/h1-4,6,8-10,12-13,22H,5,7,11,14-15H2,(H2,21,23,24). The summed E-state index contributed by atoms with van der Waals surface area (Å²) in [6.45, 7) is 0.813. The van der Waals surface area contributed by atoms with Crippen molar-refractivity contribution in [1.82, 2.24) is 16.2 Å². The predicted octanol–water partition coefficient (Wildman–Crippen LogP) is 3.58. The number of thiocarbonyl (C=S) groups is 1. The van der Waals surface area contributed by atoms with Crippen LogP contribution in [-0.2, 0) is 12.8 Å². The first-order chi connectivity index (χ1) is 11.8. The smallest absolute Gasteiger partial charge is 0.185 e. The molecule has 0 aliphatic heterocycles. The van der Waals surface area contributed by atoms with E-state index in [0.29, 0.717) is 5.11 Å². The van der Waals surface area contributed by atoms with Crippen LogP contribution in [0.25, 0.3) is 5.70 Å². The minimum absolute atomic E-state index is 0.619. The van der Waals surface area contributed by atoms with Crippen LogP contribution in [0.15, 0.2) is 60.7 Å². The molecule has 0 aromatic heterocycles. The van der Waals surface area contributed by atoms with Gasteiger partial charge in [-0.05, 0) is 49.0 Å². The van der Waals surface area contributed by atoms with Crippen LogP contribution in [-0.4, -0.2) is 11.7 Å². The van der Waals surface area contributed by atoms with Crippen LogP contribution in [0.5, 0.6) is 0 Å². The summed E-state index contributed by atoms with van der Waals surface area (Å²) in [5.74, 6) is 0. The Morgan fingerprint density at radius 2 is 1.79 bits per heavy atom. The molecule has 3 nitrogen and oxygen atoms in total. The Balaban J connectivity index is 1.48. The van der Waals surface area contributed by atoms with Crippen LogP contribution in [0.1, 0.15) is 29.5 Å². The predicted molar refractivity (Wildman–Crippen MR) is 104 cm³/mol. The fourth-order valence-electron chi connectivity index (χ4n) is 2.90. The monoisotopic (exact) mass is 337 g/mol. The Morgan fingerprint density at radius 1 is 1.00 bits per heavy atom. The average molecular weight is 337 g/mol. The van der Waals surface area contributed by atoms with E-state index in [2.05, 4.69) is 70.8 Å². The molecule has 0 heterocycles. The van der Waals surface area contributed by atoms with Crippen molar-refractivity contribution in [3.05, 3.63) is 77.4 Å². The van der Waals surface area contributed by atoms with E-state index >= 15 is 0 Å². The fraction of sp³-hybridized carbons (Fsp3) is 0.250. The zero-order chi connectivity index (χ0) is 16.6. The van der Waals surface area contributed by atoms with Crippen LogP contribution in [0, 0.1) is 0 Å². The molecule has 124 valence electrons. The molecule has 2 aromatic carbocycles. The van der Waals surface area contributed by atoms with Crippen LogP contribution in [0.2, 0.25) is 0 Å². The second kappa shape index (κ2) is 8.50. The Hall–Kier alpha value is -2.33. The van der Waals surface area contributed by atoms with E-state index in [0.717, 1.165) is 31.5 Å². The number of nitrogens with one attached hydrogen (secondary N) is 3. The third kappa shape index (κ3) is 4.59. The van der Waals surface area contributed by atoms with Gasteiger partial charge in [0.25, 0.3) is 0 Å². The molecule has 0 unspecified atom stereocenters. The molecule has 3 N–H and O–H groups in total. The molecule has 0 fully saturated rings. The third-order valence-electron chi connectivity index (χ3n) is 4.16. The van der Waals surface area contributed by atoms with Crippen molar-refractivity contribution in [1.29, 1.82) is 0 Å². The van der Waals surface area contributed by atoms with Crippen molar-refractivity contribution in [2.75, 3.05) is 6.54 Å². The summed E-state index contributed by atoms with van der Waals surface area (Å²) in [5.41, 5.74) is 11.4. The summed E-state index contributed by atoms with van der Waals surface area (Å²) >= 11 is 5.36. The van der Waals surface area contributed by atoms with E-state index < -0.39 is 0 Å². The van der Waals surface area contributed by atoms with Gasteiger partial charge in [-0.25, -0.2) is 0 Å². The number of hydrogen-bond donors (Lipinski definition) is 3. The van der Waals surface area contributed by atoms with Crippen LogP contribution < -0.4 is 16.2 Å². The first-order valence-corrected chi connectivity index (χ1v) is 8.86. The van der Waals surface area contributed by atoms with Gasteiger partial charge in [-0.3, -0.25) is 10.9 Å². The van der Waals surface area contributed by atoms with Crippen molar-refractivity contribution in [3.8, 4) is 0 Å². The highest BCUT2D eigenvalue weighted by atomic mass is 32.1. The largest absolute Gasteiger partial charge is 0.361 e. The van der Waals surface area contributed by atoms with Gasteiger partial charge in [-0.2, -0.15) is 0 Å². The topological polar surface area (TPSA) is 36.1 Å². The number of aryl methyl sites for hydroxylation is 1. The van der Waals surface area contributed by atoms with Crippen LogP contribution in [0.3, 0.4) is 0 Å². The number of rotatable bonds is 5. The molecule has 0 radical (unpaired) electrons. The summed E-state index contributed by atoms with van der Waals surface area (Å²) in [5, 5.41) is 3.86. The molecule has 1 aliphatic rings. The summed E-state index contributed by atoms with van der Waals surface area (Å²) in [6, 6.07) is 19.0. The van der Waals surface area contributed by atoms with Gasteiger partial charge in [-0.15, -0.1) is 0 Å². The van der Waals surface area contributed by atoms with Gasteiger partial charge < -0.3 is 5.32 Å². The lowest BCUT2D eigenvalue weighted by Gasteiger charge is -2.16. The molecule has 3 rings (SSSR count). The van der Waals surface area contributed by atoms with E-state index in [-0.39, 0.29) is 0 Å². The molecule has 0 amide bonds. The maximum Gasteiger partial charge on any atom is 0.185 e. The molecular weight excluding hydrogens is 314 g/mol. The van der Waals surface area contributed by atoms with Gasteiger partial charge in [0.1, 0.15) is 0 Å². The molecule has 2 aromatic rings. The molecule has 0 spiro atoms. The van der Waals surface area contributed by atoms with Crippen molar-refractivity contribution in [3.63, 3.8) is 0 Å². The molecule has 0 saturated carbocycles. The Morgan fingerprint density at radius 3 is 2.67 bits per heavy atom. The summed E-state index contributed by atoms with van der Waals surface area (Å²) in [7, 11) is 0. The van der Waals surface area contributed by atoms with Gasteiger partial charge >= 0.3 is 0 Å². The highest BCUT2D eigenvalue weighted by Gasteiger charge is 2.10. The summed E-state index contributed by atoms with van der Waals surface area (Å²) in [4.78, 5) is 0. The Bertz CT molecular complexity index is 710. The van der Waals surface area contributed by atoms with Crippen LogP contribution >= 0.6 is 12.2 Å². The van der Waals surface area contributed by atoms with Crippen molar-refractivity contribution in [2.24, 2.45) is 0 Å². The molecule has 0 atom stereocenters. The number of hydrogen-bond acceptors (Lipinski definition) is 2. The molecule has 0 saturated heterocycles. The van der Waals surface area contributed by atoms with Crippen molar-refractivity contribution in [2.45, 2.75) is 25.7 Å². The maximum absolute atomic E-state index is 5.36. The highest BCUT2D eigenvalue weighted by Crippen LogP contribution is 2.23. The zero-order valence-electron chi connectivity index (χ0n) is 13.7. The molecule has 24 heavy (non-hydrogen) atoms. The van der Waals surface area contributed by atoms with E-state index in [9.17, 15) is 0 Å². The van der Waals surface area contributed by atoms with Crippen molar-refractivity contribution < 1.29 is 0 Å². The van der Waals surface area contributed by atoms with E-state index in [1.54, 1.807) is 0 Å². The summed E-state index contributed by atoms with van der Waals surface area (Å²) in [6.07, 6.45) is 6.58. The summed E-state index contributed by atoms with van der Waals surface area (Å²) < 4.78 is 0. The third-order valence-corrected chi connectivity index (χ3v) is 4.41. The minimum Gasteiger partial charge on any atom is -0.361 e. The highest BCUT2D eigenvalue weighted by molar-refractivity contribution is 7.80. The van der Waals surface area contributed by atoms with Gasteiger partial charge in [-0.1, -0.05) is 60.7 Å². The van der Waals surface area contributed by atoms with E-state index in [4.69, 9.17) is 12.2 Å². The number of hydrazine groups is 1. The first-order valence-electron chi connectivity index (χ1n) is 8.45. The van der Waals surface area contributed by atoms with E-state index in [1.807, 2.05) is 6.07 Å². The lowest BCUT2D eigenvalue weighted by Crippen LogP contribution is -2.43. The maximum atomic E-state index is 5.36. The van der Waals surface area contributed by atoms with Gasteiger partial charge in [0.2, 0.25) is 0 Å². The molecule has 4 heteroatoms. The number of fused-ring (bicyclic) bond motifs is 1. The molecule has 1 aliphatic carbocycles. The normalized spacial score (nSPS) is 13.2. The Labute approximate surface area is 149 Å². The van der Waals surface area contributed by atoms with Gasteiger partial charge in [0.15, 0.2) is 5.11 Å². The number of allylic oxidation sites excluding steroid dienone is 1. The zero-order valence-corrected chi connectivity index (χ0v) is 14.5. The first kappa shape index (κ1) is 16.5. The lowest BCUT2D eigenvalue weighted by atomic mass is 10.0. The number of benzene rings is 2. The Kier molecular flexibility index (Phi) is 5.85. The second-order valence-electron chi connectivity index (χ2n) is 5.91. The van der Waals surface area contributed by atoms with Gasteiger partial charge in [0.05, 0.1) is 5.70 Å². The van der Waals surface area contributed by atoms with Crippen molar-refractivity contribution >= 4 is 23.0 Å². The van der Waals surface area contributed by atoms with Crippen LogP contribution in [0.4, 0.5) is 0 Å². The minimum atomic E-state index is 0.619. The lowest BCUT2D eigenvalue weighted by molar-refractivity contribution is 0.778. The molecular formula is C20H23N3S. The van der Waals surface area contributed by atoms with Gasteiger partial charge in [0, 0.05) is 12.1 Å². The van der Waals surface area contributed by atoms with E-state index in [1.165, 1.54) is 23.1 Å². The molecule has 0 bridgehead atoms. The SMILES string of the molecule is S=C(NCCc1ccccc1)NNC1=CCCCc2ccccc21. The second-order valence-corrected chi connectivity index (χ2v) is 6.32.